The predicted octanol–water partition coefficient (Wildman–Crippen LogP) is 3.46. The monoisotopic (exact) mass is 309 g/mol. The zero-order valence-corrected chi connectivity index (χ0v) is 12.0. The maximum atomic E-state index is 11.9. The van der Waals surface area contributed by atoms with Crippen molar-refractivity contribution in [2.45, 2.75) is 6.10 Å². The van der Waals surface area contributed by atoms with Gasteiger partial charge in [-0.1, -0.05) is 41.4 Å². The molecule has 2 aromatic rings. The fraction of sp³-hybridized carbons (Fsp3) is 0.133. The van der Waals surface area contributed by atoms with Crippen LogP contribution in [0.15, 0.2) is 48.5 Å². The van der Waals surface area contributed by atoms with Gasteiger partial charge in [-0.25, -0.2) is 0 Å². The molecule has 0 aliphatic carbocycles. The number of amides is 1. The van der Waals surface area contributed by atoms with Gasteiger partial charge in [-0.15, -0.1) is 0 Å². The van der Waals surface area contributed by atoms with Gasteiger partial charge in [0, 0.05) is 27.7 Å². The molecule has 104 valence electrons. The summed E-state index contributed by atoms with van der Waals surface area (Å²) in [5, 5.41) is 13.7. The molecular weight excluding hydrogens is 297 g/mol. The van der Waals surface area contributed by atoms with Crippen LogP contribution in [-0.2, 0) is 0 Å². The smallest absolute Gasteiger partial charge is 0.251 e. The van der Waals surface area contributed by atoms with Gasteiger partial charge >= 0.3 is 0 Å². The average molecular weight is 310 g/mol. The molecule has 0 saturated heterocycles. The molecule has 0 saturated carbocycles. The quantitative estimate of drug-likeness (QED) is 0.908. The fourth-order valence-corrected chi connectivity index (χ4v) is 2.14. The number of hydrogen-bond donors (Lipinski definition) is 2. The van der Waals surface area contributed by atoms with Crippen LogP contribution in [0.4, 0.5) is 0 Å². The second kappa shape index (κ2) is 6.75. The Morgan fingerprint density at radius 3 is 2.40 bits per heavy atom. The van der Waals surface area contributed by atoms with E-state index in [1.54, 1.807) is 48.5 Å². The summed E-state index contributed by atoms with van der Waals surface area (Å²) >= 11 is 11.7. The normalized spacial score (nSPS) is 11.9. The summed E-state index contributed by atoms with van der Waals surface area (Å²) in [5.74, 6) is -0.271. The van der Waals surface area contributed by atoms with Crippen LogP contribution >= 0.6 is 23.2 Å². The summed E-state index contributed by atoms with van der Waals surface area (Å²) in [6, 6.07) is 13.5. The molecule has 0 radical (unpaired) electrons. The Bertz CT molecular complexity index is 599. The first-order valence-corrected chi connectivity index (χ1v) is 6.80. The average Bonchev–Trinajstić information content (AvgIpc) is 2.45. The van der Waals surface area contributed by atoms with Gasteiger partial charge in [-0.3, -0.25) is 4.79 Å². The minimum absolute atomic E-state index is 0.0885. The third-order valence-corrected chi connectivity index (χ3v) is 3.42. The van der Waals surface area contributed by atoms with Crippen LogP contribution in [0.1, 0.15) is 22.0 Å². The van der Waals surface area contributed by atoms with Gasteiger partial charge in [-0.05, 0) is 30.3 Å². The van der Waals surface area contributed by atoms with Crippen LogP contribution in [0.5, 0.6) is 0 Å². The van der Waals surface area contributed by atoms with Gasteiger partial charge in [0.05, 0.1) is 6.10 Å². The highest BCUT2D eigenvalue weighted by molar-refractivity contribution is 6.31. The van der Waals surface area contributed by atoms with E-state index in [1.165, 1.54) is 0 Å². The summed E-state index contributed by atoms with van der Waals surface area (Å²) < 4.78 is 0. The summed E-state index contributed by atoms with van der Waals surface area (Å²) in [6.07, 6.45) is -0.847. The van der Waals surface area contributed by atoms with E-state index in [0.717, 1.165) is 0 Å². The number of halogens is 2. The second-order valence-corrected chi connectivity index (χ2v) is 5.10. The maximum absolute atomic E-state index is 11.9. The molecule has 0 bridgehead atoms. The number of nitrogens with one attached hydrogen (secondary N) is 1. The van der Waals surface area contributed by atoms with Gasteiger partial charge < -0.3 is 10.4 Å². The molecule has 0 spiro atoms. The van der Waals surface area contributed by atoms with Crippen molar-refractivity contribution in [3.05, 3.63) is 69.7 Å². The Kier molecular flexibility index (Phi) is 5.01. The SMILES string of the molecule is O=C(NCC(O)c1ccccc1Cl)c1ccc(Cl)cc1. The Balaban J connectivity index is 1.97. The van der Waals surface area contributed by atoms with Crippen molar-refractivity contribution in [1.29, 1.82) is 0 Å². The van der Waals surface area contributed by atoms with Crippen molar-refractivity contribution in [1.82, 2.24) is 5.32 Å². The van der Waals surface area contributed by atoms with Gasteiger partial charge in [0.15, 0.2) is 0 Å². The number of aliphatic hydroxyl groups is 1. The van der Waals surface area contributed by atoms with E-state index in [0.29, 0.717) is 21.2 Å². The van der Waals surface area contributed by atoms with Crippen LogP contribution in [0, 0.1) is 0 Å². The maximum Gasteiger partial charge on any atom is 0.251 e. The molecule has 0 aliphatic heterocycles. The third kappa shape index (κ3) is 3.73. The van der Waals surface area contributed by atoms with Crippen LogP contribution in [0.3, 0.4) is 0 Å². The molecule has 0 heterocycles. The Morgan fingerprint density at radius 1 is 1.10 bits per heavy atom. The van der Waals surface area contributed by atoms with Crippen molar-refractivity contribution >= 4 is 29.1 Å². The summed E-state index contributed by atoms with van der Waals surface area (Å²) in [4.78, 5) is 11.9. The van der Waals surface area contributed by atoms with E-state index in [9.17, 15) is 9.90 Å². The Morgan fingerprint density at radius 2 is 1.75 bits per heavy atom. The third-order valence-electron chi connectivity index (χ3n) is 2.83. The molecule has 3 nitrogen and oxygen atoms in total. The van der Waals surface area contributed by atoms with Crippen molar-refractivity contribution < 1.29 is 9.90 Å². The van der Waals surface area contributed by atoms with Gasteiger partial charge in [-0.2, -0.15) is 0 Å². The lowest BCUT2D eigenvalue weighted by Crippen LogP contribution is -2.28. The summed E-state index contributed by atoms with van der Waals surface area (Å²) in [6.45, 7) is 0.0885. The number of carbonyl (C=O) groups is 1. The van der Waals surface area contributed by atoms with E-state index in [2.05, 4.69) is 5.32 Å². The summed E-state index contributed by atoms with van der Waals surface area (Å²) in [7, 11) is 0. The highest BCUT2D eigenvalue weighted by Gasteiger charge is 2.13. The summed E-state index contributed by atoms with van der Waals surface area (Å²) in [5.41, 5.74) is 1.08. The predicted molar refractivity (Wildman–Crippen MR) is 80.2 cm³/mol. The fourth-order valence-electron chi connectivity index (χ4n) is 1.75. The van der Waals surface area contributed by atoms with Crippen LogP contribution < -0.4 is 5.32 Å². The van der Waals surface area contributed by atoms with Gasteiger partial charge in [0.1, 0.15) is 0 Å². The molecule has 20 heavy (non-hydrogen) atoms. The Labute approximate surface area is 127 Å². The number of hydrogen-bond acceptors (Lipinski definition) is 2. The van der Waals surface area contributed by atoms with Crippen LogP contribution in [0.25, 0.3) is 0 Å². The van der Waals surface area contributed by atoms with E-state index >= 15 is 0 Å². The number of benzene rings is 2. The topological polar surface area (TPSA) is 49.3 Å². The van der Waals surface area contributed by atoms with Crippen molar-refractivity contribution in [3.63, 3.8) is 0 Å². The van der Waals surface area contributed by atoms with E-state index < -0.39 is 6.10 Å². The van der Waals surface area contributed by atoms with Gasteiger partial charge in [0.25, 0.3) is 5.91 Å². The van der Waals surface area contributed by atoms with E-state index in [1.807, 2.05) is 0 Å². The number of rotatable bonds is 4. The first-order chi connectivity index (χ1) is 9.58. The highest BCUT2D eigenvalue weighted by Crippen LogP contribution is 2.21. The van der Waals surface area contributed by atoms with Gasteiger partial charge in [0.2, 0.25) is 0 Å². The Hall–Kier alpha value is -1.55. The number of carbonyl (C=O) groups excluding carboxylic acids is 1. The minimum atomic E-state index is -0.847. The largest absolute Gasteiger partial charge is 0.387 e. The standard InChI is InChI=1S/C15H13Cl2NO2/c16-11-7-5-10(6-8-11)15(20)18-9-14(19)12-3-1-2-4-13(12)17/h1-8,14,19H,9H2,(H,18,20). The second-order valence-electron chi connectivity index (χ2n) is 4.25. The van der Waals surface area contributed by atoms with Crippen molar-refractivity contribution in [2.75, 3.05) is 6.54 Å². The van der Waals surface area contributed by atoms with E-state index in [-0.39, 0.29) is 12.5 Å². The van der Waals surface area contributed by atoms with Crippen molar-refractivity contribution in [2.24, 2.45) is 0 Å². The van der Waals surface area contributed by atoms with Crippen molar-refractivity contribution in [3.8, 4) is 0 Å². The highest BCUT2D eigenvalue weighted by atomic mass is 35.5. The molecule has 0 aromatic heterocycles. The molecule has 0 fully saturated rings. The molecule has 2 N–H and O–H groups in total. The minimum Gasteiger partial charge on any atom is -0.387 e. The zero-order chi connectivity index (χ0) is 14.5. The molecule has 1 atom stereocenters. The first-order valence-electron chi connectivity index (χ1n) is 6.04. The lowest BCUT2D eigenvalue weighted by atomic mass is 10.1. The van der Waals surface area contributed by atoms with E-state index in [4.69, 9.17) is 23.2 Å². The molecule has 5 heteroatoms. The number of aliphatic hydroxyl groups excluding tert-OH is 1. The van der Waals surface area contributed by atoms with Crippen LogP contribution in [0.2, 0.25) is 10.0 Å². The molecule has 1 unspecified atom stereocenters. The lowest BCUT2D eigenvalue weighted by molar-refractivity contribution is 0.0916. The molecule has 2 aromatic carbocycles. The molecule has 2 rings (SSSR count). The first kappa shape index (κ1) is 14.9. The lowest BCUT2D eigenvalue weighted by Gasteiger charge is -2.13. The van der Waals surface area contributed by atoms with Crippen LogP contribution in [-0.4, -0.2) is 17.6 Å². The molecule has 0 aliphatic rings. The molecular formula is C15H13Cl2NO2. The zero-order valence-electron chi connectivity index (χ0n) is 10.5. The molecule has 1 amide bonds.